The summed E-state index contributed by atoms with van der Waals surface area (Å²) in [5, 5.41) is 240. The molecule has 21 aliphatic heterocycles. The molecule has 14 bridgehead atoms. The average molecular weight is 1220 g/mol. The van der Waals surface area contributed by atoms with E-state index in [1.807, 2.05) is 0 Å². The second-order valence-corrected chi connectivity index (χ2v) is 21.1. The summed E-state index contributed by atoms with van der Waals surface area (Å²) in [4.78, 5) is 0. The molecule has 0 saturated carbocycles. The lowest BCUT2D eigenvalue weighted by Crippen LogP contribution is -2.68. The van der Waals surface area contributed by atoms with Gasteiger partial charge in [-0.2, -0.15) is 0 Å². The van der Waals surface area contributed by atoms with Crippen molar-refractivity contribution < 1.29 is 174 Å². The third-order valence-electron chi connectivity index (χ3n) is 15.7. The molecule has 0 radical (unpaired) electrons. The Morgan fingerprint density at radius 2 is 0.470 bits per heavy atom. The molecule has 38 heteroatoms. The van der Waals surface area contributed by atoms with Gasteiger partial charge in [0.15, 0.2) is 44.0 Å². The van der Waals surface area contributed by atoms with Crippen LogP contribution in [0.2, 0.25) is 0 Å². The maximum atomic E-state index is 11.7. The number of ether oxygens (including phenoxy) is 14. The van der Waals surface area contributed by atoms with Crippen molar-refractivity contribution in [3.63, 3.8) is 0 Å². The molecule has 21 aliphatic rings. The molecule has 1 aromatic rings. The van der Waals surface area contributed by atoms with Crippen LogP contribution in [-0.2, 0) is 79.5 Å². The minimum absolute atomic E-state index is 0.0379. The van der Waals surface area contributed by atoms with Gasteiger partial charge in [-0.05, 0) is 0 Å². The van der Waals surface area contributed by atoms with Crippen LogP contribution in [0.25, 0.3) is 0 Å². The normalized spacial score (nSPS) is 52.2. The molecule has 21 N–H and O–H groups in total. The van der Waals surface area contributed by atoms with Crippen LogP contribution in [0, 0.1) is 0 Å². The third-order valence-corrected chi connectivity index (χ3v) is 15.7. The SMILES string of the molecule is OCc1cn(C[C@H]2O[C@@H]3O[C@H]4[C@H](O)[C@@H](O)[C@@H](O[C@H]5[C@H](O)[C@@H](O)[C@@H](O[C@H]6[C@H](O)[C@@H](O)[C@@H](O[C@H]7[C@H](O)[C@@H](O)[C@@H](O[C@H]8[C@H](O)[C@@H](O)[C@@H](O[C@H]9[C@H](O)[C@@H](O)[C@@H](O[C@H]2[C@H](O)[C@H]3O)O[C@@H]9CO)O[C@@H]8CO)O[C@@H]7CO)O[C@@H]6CO)O[C@@H]5CO)O[C@@H]4CO)nn1. The molecule has 22 rings (SSSR count). The van der Waals surface area contributed by atoms with E-state index in [2.05, 4.69) is 10.3 Å². The first-order chi connectivity index (χ1) is 39.6. The van der Waals surface area contributed by atoms with E-state index >= 15 is 0 Å². The summed E-state index contributed by atoms with van der Waals surface area (Å²) in [6.45, 7) is -7.42. The average Bonchev–Trinajstić information content (AvgIpc) is 3.33. The third kappa shape index (κ3) is 13.0. The van der Waals surface area contributed by atoms with Crippen LogP contribution in [0.4, 0.5) is 0 Å². The molecule has 1 aromatic heterocycles. The smallest absolute Gasteiger partial charge is 0.187 e. The fourth-order valence-corrected chi connectivity index (χ4v) is 11.1. The van der Waals surface area contributed by atoms with E-state index in [9.17, 15) is 107 Å². The van der Waals surface area contributed by atoms with E-state index in [1.165, 1.54) is 6.20 Å². The number of hydrogen-bond donors (Lipinski definition) is 21. The van der Waals surface area contributed by atoms with E-state index in [0.29, 0.717) is 0 Å². The Labute approximate surface area is 467 Å². The van der Waals surface area contributed by atoms with Crippen molar-refractivity contribution in [2.45, 2.75) is 228 Å². The summed E-state index contributed by atoms with van der Waals surface area (Å²) in [5.74, 6) is 0. The van der Waals surface area contributed by atoms with Crippen molar-refractivity contribution in [3.05, 3.63) is 11.9 Å². The molecular weight excluding hydrogens is 1140 g/mol. The molecule has 0 aliphatic carbocycles. The zero-order valence-electron chi connectivity index (χ0n) is 43.4. The predicted octanol–water partition coefficient (Wildman–Crippen LogP) is -15.4. The highest BCUT2D eigenvalue weighted by Crippen LogP contribution is 2.39. The first-order valence-electron chi connectivity index (χ1n) is 26.5. The van der Waals surface area contributed by atoms with Crippen molar-refractivity contribution in [2.24, 2.45) is 0 Å². The fraction of sp³-hybridized carbons (Fsp3) is 0.956. The molecule has 21 saturated heterocycles. The summed E-state index contributed by atoms with van der Waals surface area (Å²) in [5.41, 5.74) is 0.0379. The first-order valence-corrected chi connectivity index (χ1v) is 26.5. The Morgan fingerprint density at radius 3 is 0.651 bits per heavy atom. The van der Waals surface area contributed by atoms with Gasteiger partial charge in [-0.3, -0.25) is 0 Å². The molecule has 0 aromatic carbocycles. The highest BCUT2D eigenvalue weighted by atomic mass is 16.8. The molecule has 0 spiro atoms. The lowest BCUT2D eigenvalue weighted by Gasteiger charge is -2.50. The summed E-state index contributed by atoms with van der Waals surface area (Å²) in [6.07, 6.45) is -69.3. The van der Waals surface area contributed by atoms with Crippen molar-refractivity contribution >= 4 is 0 Å². The van der Waals surface area contributed by atoms with Gasteiger partial charge in [0.05, 0.1) is 59.0 Å². The molecule has 38 nitrogen and oxygen atoms in total. The minimum atomic E-state index is -2.23. The van der Waals surface area contributed by atoms with Crippen LogP contribution in [0.3, 0.4) is 0 Å². The van der Waals surface area contributed by atoms with Crippen molar-refractivity contribution in [1.29, 1.82) is 0 Å². The zero-order chi connectivity index (χ0) is 60.0. The zero-order valence-corrected chi connectivity index (χ0v) is 43.4. The largest absolute Gasteiger partial charge is 0.394 e. The van der Waals surface area contributed by atoms with Crippen LogP contribution >= 0.6 is 0 Å². The molecule has 83 heavy (non-hydrogen) atoms. The molecular formula is C45H73N3O35. The van der Waals surface area contributed by atoms with Gasteiger partial charge in [-0.25, -0.2) is 4.68 Å². The van der Waals surface area contributed by atoms with Crippen LogP contribution in [-0.4, -0.2) is 377 Å². The van der Waals surface area contributed by atoms with Crippen LogP contribution in [0.1, 0.15) is 5.69 Å². The molecule has 35 atom stereocenters. The maximum Gasteiger partial charge on any atom is 0.187 e. The summed E-state index contributed by atoms with van der Waals surface area (Å²) < 4.78 is 82.0. The standard InChI is InChI=1S/C45H73N3O35/c49-3-10-1-48(47-46-10)2-11-32-18(56)25(63)39(70-11)78-33-12(4-50)72-41(27(65)20(33)58)80-35-14(6-52)74-43(29(67)22(35)60)82-37-16(8-54)76-45(31(69)24(37)62)83-38-17(9-55)75-44(30(68)23(38)61)81-36-15(7-53)73-42(28(66)21(36)59)79-34-13(5-51)71-40(77-32)26(64)19(34)57/h1,11-45,49-69H,2-9H2/t11-,12-,13-,14-,15-,16-,17-,18-,19-,20-,21-,22-,23-,24-,25-,26-,27-,28-,29-,30-,31-,32-,33-,34-,35-,36-,37-,38-,39-,40-,41-,42-,43-,44-,45-/m1/s1. The second kappa shape index (κ2) is 27.6. The van der Waals surface area contributed by atoms with Gasteiger partial charge in [0.25, 0.3) is 0 Å². The summed E-state index contributed by atoms with van der Waals surface area (Å²) in [7, 11) is 0. The van der Waals surface area contributed by atoms with E-state index < -0.39 is 268 Å². The second-order valence-electron chi connectivity index (χ2n) is 21.1. The Bertz CT molecular complexity index is 2170. The summed E-state index contributed by atoms with van der Waals surface area (Å²) >= 11 is 0. The monoisotopic (exact) mass is 1220 g/mol. The molecule has 478 valence electrons. The van der Waals surface area contributed by atoms with Crippen molar-refractivity contribution in [1.82, 2.24) is 15.0 Å². The number of nitrogens with zero attached hydrogens (tertiary/aromatic N) is 3. The Morgan fingerprint density at radius 1 is 0.277 bits per heavy atom. The van der Waals surface area contributed by atoms with Crippen molar-refractivity contribution in [2.75, 3.05) is 39.6 Å². The number of hydrogen-bond acceptors (Lipinski definition) is 37. The van der Waals surface area contributed by atoms with Crippen LogP contribution in [0.15, 0.2) is 6.20 Å². The Balaban J connectivity index is 1.02. The van der Waals surface area contributed by atoms with E-state index in [1.54, 1.807) is 0 Å². The quantitative estimate of drug-likeness (QED) is 0.109. The van der Waals surface area contributed by atoms with Gasteiger partial charge in [0, 0.05) is 0 Å². The molecule has 0 unspecified atom stereocenters. The Hall–Kier alpha value is -2.26. The number of aliphatic hydroxyl groups is 21. The van der Waals surface area contributed by atoms with Crippen LogP contribution < -0.4 is 0 Å². The lowest BCUT2D eigenvalue weighted by atomic mass is 9.95. The van der Waals surface area contributed by atoms with Gasteiger partial charge in [0.1, 0.15) is 177 Å². The highest BCUT2D eigenvalue weighted by molar-refractivity contribution is 5.02. The topological polar surface area (TPSA) is 585 Å². The molecule has 22 heterocycles. The van der Waals surface area contributed by atoms with E-state index in [-0.39, 0.29) is 5.69 Å². The molecule has 21 fully saturated rings. The van der Waals surface area contributed by atoms with Crippen LogP contribution in [0.5, 0.6) is 0 Å². The predicted molar refractivity (Wildman–Crippen MR) is 247 cm³/mol. The number of aliphatic hydroxyl groups excluding tert-OH is 21. The molecule has 0 amide bonds. The fourth-order valence-electron chi connectivity index (χ4n) is 11.1. The van der Waals surface area contributed by atoms with E-state index in [4.69, 9.17) is 66.3 Å². The van der Waals surface area contributed by atoms with Gasteiger partial charge >= 0.3 is 0 Å². The number of aromatic nitrogens is 3. The minimum Gasteiger partial charge on any atom is -0.394 e. The lowest BCUT2D eigenvalue weighted by molar-refractivity contribution is -0.396. The Kier molecular flexibility index (Phi) is 21.7. The highest BCUT2D eigenvalue weighted by Gasteiger charge is 2.59. The maximum absolute atomic E-state index is 11.7. The van der Waals surface area contributed by atoms with Gasteiger partial charge in [-0.15, -0.1) is 5.10 Å². The first kappa shape index (κ1) is 65.2. The van der Waals surface area contributed by atoms with Gasteiger partial charge in [0.2, 0.25) is 0 Å². The van der Waals surface area contributed by atoms with Crippen molar-refractivity contribution in [3.8, 4) is 0 Å². The van der Waals surface area contributed by atoms with Gasteiger partial charge < -0.3 is 174 Å². The van der Waals surface area contributed by atoms with Gasteiger partial charge in [-0.1, -0.05) is 5.21 Å². The number of rotatable bonds is 9. The summed E-state index contributed by atoms with van der Waals surface area (Å²) in [6, 6.07) is 0. The van der Waals surface area contributed by atoms with E-state index in [0.717, 1.165) is 4.68 Å².